The van der Waals surface area contributed by atoms with E-state index in [9.17, 15) is 9.59 Å². The fourth-order valence-electron chi connectivity index (χ4n) is 3.89. The Hall–Kier alpha value is -3.59. The zero-order valence-electron chi connectivity index (χ0n) is 16.8. The summed E-state index contributed by atoms with van der Waals surface area (Å²) in [6.45, 7) is 3.66. The molecule has 1 aromatic carbocycles. The summed E-state index contributed by atoms with van der Waals surface area (Å²) in [6.07, 6.45) is 3.27. The van der Waals surface area contributed by atoms with Gasteiger partial charge < -0.3 is 15.8 Å². The molecule has 0 fully saturated rings. The van der Waals surface area contributed by atoms with Crippen LogP contribution in [-0.2, 0) is 4.79 Å². The highest BCUT2D eigenvalue weighted by Gasteiger charge is 2.56. The molecule has 9 heteroatoms. The van der Waals surface area contributed by atoms with Crippen LogP contribution in [0.5, 0.6) is 11.5 Å². The minimum atomic E-state index is -1.05. The van der Waals surface area contributed by atoms with Gasteiger partial charge in [0, 0.05) is 23.1 Å². The Morgan fingerprint density at radius 3 is 2.58 bits per heavy atom. The smallest absolute Gasteiger partial charge is 0.326 e. The maximum Gasteiger partial charge on any atom is 0.326 e. The maximum atomic E-state index is 13.1. The van der Waals surface area contributed by atoms with Gasteiger partial charge in [0.1, 0.15) is 21.3 Å². The number of rotatable bonds is 4. The van der Waals surface area contributed by atoms with Gasteiger partial charge in [0.05, 0.1) is 17.9 Å². The molecule has 5 rings (SSSR count). The number of ether oxygens (including phenoxy) is 1. The Kier molecular flexibility index (Phi) is 4.37. The quantitative estimate of drug-likeness (QED) is 0.643. The van der Waals surface area contributed by atoms with Crippen molar-refractivity contribution in [3.8, 4) is 11.5 Å². The number of primary amides is 1. The van der Waals surface area contributed by atoms with Crippen molar-refractivity contribution in [3.05, 3.63) is 66.1 Å². The molecule has 0 spiro atoms. The van der Waals surface area contributed by atoms with E-state index >= 15 is 0 Å². The van der Waals surface area contributed by atoms with Crippen molar-refractivity contribution in [2.75, 3.05) is 10.2 Å². The molecule has 3 aromatic rings. The number of aromatic nitrogens is 2. The summed E-state index contributed by atoms with van der Waals surface area (Å²) in [4.78, 5) is 35.7. The fraction of sp³-hybridized carbons (Fsp3) is 0.182. The molecule has 4 heterocycles. The highest BCUT2D eigenvalue weighted by molar-refractivity contribution is 8.01. The minimum absolute atomic E-state index is 0.332. The second kappa shape index (κ2) is 6.98. The number of carbonyl (C=O) groups is 2. The average molecular weight is 433 g/mol. The number of aryl methyl sites for hydroxylation is 1. The van der Waals surface area contributed by atoms with Gasteiger partial charge >= 0.3 is 6.03 Å². The first-order valence-electron chi connectivity index (χ1n) is 9.65. The summed E-state index contributed by atoms with van der Waals surface area (Å²) >= 11 is 1.29. The van der Waals surface area contributed by atoms with Crippen LogP contribution in [0.1, 0.15) is 24.2 Å². The molecule has 0 saturated carbocycles. The first kappa shape index (κ1) is 19.4. The lowest BCUT2D eigenvalue weighted by Crippen LogP contribution is -2.53. The fourth-order valence-corrected chi connectivity index (χ4v) is 5.17. The van der Waals surface area contributed by atoms with Crippen LogP contribution in [0.4, 0.5) is 16.2 Å². The number of nitrogens with zero attached hydrogens (tertiary/aromatic N) is 3. The van der Waals surface area contributed by atoms with Gasteiger partial charge in [-0.25, -0.2) is 9.78 Å². The molecular formula is C22H19N5O3S. The van der Waals surface area contributed by atoms with Crippen LogP contribution in [0.2, 0.25) is 0 Å². The number of pyridine rings is 2. The lowest BCUT2D eigenvalue weighted by atomic mass is 9.90. The Morgan fingerprint density at radius 1 is 1.16 bits per heavy atom. The third-order valence-electron chi connectivity index (χ3n) is 5.50. The van der Waals surface area contributed by atoms with Crippen molar-refractivity contribution >= 4 is 35.1 Å². The van der Waals surface area contributed by atoms with Crippen molar-refractivity contribution in [2.24, 2.45) is 5.73 Å². The lowest BCUT2D eigenvalue weighted by Gasteiger charge is -2.40. The third-order valence-corrected chi connectivity index (χ3v) is 6.87. The summed E-state index contributed by atoms with van der Waals surface area (Å²) in [5, 5.41) is 3.59. The van der Waals surface area contributed by atoms with Gasteiger partial charge in [-0.3, -0.25) is 14.7 Å². The summed E-state index contributed by atoms with van der Waals surface area (Å²) in [6, 6.07) is 11.6. The molecular weight excluding hydrogens is 414 g/mol. The molecule has 0 bridgehead atoms. The Morgan fingerprint density at radius 2 is 1.90 bits per heavy atom. The van der Waals surface area contributed by atoms with E-state index in [1.165, 1.54) is 11.8 Å². The van der Waals surface area contributed by atoms with E-state index < -0.39 is 16.7 Å². The number of amides is 3. The number of anilines is 2. The largest absolute Gasteiger partial charge is 0.456 e. The lowest BCUT2D eigenvalue weighted by molar-refractivity contribution is -0.120. The SMILES string of the molecule is Cc1ccc(Oc2ccc(N3C(=O)Nc4ccnc5c4C3C(C)(C(N)=O)S5)cc2)cn1. The van der Waals surface area contributed by atoms with Gasteiger partial charge in [0.15, 0.2) is 0 Å². The monoisotopic (exact) mass is 433 g/mol. The van der Waals surface area contributed by atoms with Crippen LogP contribution in [0, 0.1) is 6.92 Å². The summed E-state index contributed by atoms with van der Waals surface area (Å²) in [5.74, 6) is 0.721. The number of hydrogen-bond acceptors (Lipinski definition) is 6. The van der Waals surface area contributed by atoms with Crippen LogP contribution < -0.4 is 20.7 Å². The number of benzene rings is 1. The molecule has 2 unspecified atom stereocenters. The highest BCUT2D eigenvalue weighted by atomic mass is 32.2. The number of nitrogens with one attached hydrogen (secondary N) is 1. The van der Waals surface area contributed by atoms with Gasteiger partial charge in [-0.15, -0.1) is 0 Å². The zero-order chi connectivity index (χ0) is 21.8. The standard InChI is InChI=1S/C22H19N5O3S/c1-12-3-6-15(11-25-12)30-14-7-4-13(5-8-14)27-18-17-16(26-21(27)29)9-10-24-19(17)31-22(18,2)20(23)28/h3-11,18H,1-2H3,(H2,23,28)(H,26,29). The van der Waals surface area contributed by atoms with E-state index in [0.717, 1.165) is 11.3 Å². The molecule has 2 aliphatic heterocycles. The first-order chi connectivity index (χ1) is 14.9. The molecule has 2 atom stereocenters. The molecule has 3 amide bonds. The number of thioether (sulfide) groups is 1. The van der Waals surface area contributed by atoms with E-state index in [4.69, 9.17) is 10.5 Å². The molecule has 0 aliphatic carbocycles. The van der Waals surface area contributed by atoms with Crippen molar-refractivity contribution in [1.29, 1.82) is 0 Å². The molecule has 0 saturated heterocycles. The second-order valence-corrected chi connectivity index (χ2v) is 9.02. The Balaban J connectivity index is 1.51. The van der Waals surface area contributed by atoms with Crippen LogP contribution in [-0.4, -0.2) is 26.7 Å². The number of nitrogens with two attached hydrogens (primary N) is 1. The second-order valence-electron chi connectivity index (χ2n) is 7.58. The molecule has 0 radical (unpaired) electrons. The van der Waals surface area contributed by atoms with E-state index in [0.29, 0.717) is 27.9 Å². The molecule has 3 N–H and O–H groups in total. The topological polar surface area (TPSA) is 110 Å². The van der Waals surface area contributed by atoms with Crippen LogP contribution in [0.15, 0.2) is 59.9 Å². The molecule has 31 heavy (non-hydrogen) atoms. The van der Waals surface area contributed by atoms with Crippen LogP contribution >= 0.6 is 11.8 Å². The summed E-state index contributed by atoms with van der Waals surface area (Å²) < 4.78 is 4.78. The Labute approximate surface area is 182 Å². The van der Waals surface area contributed by atoms with E-state index in [-0.39, 0.29) is 6.03 Å². The van der Waals surface area contributed by atoms with Crippen molar-refractivity contribution in [1.82, 2.24) is 9.97 Å². The third kappa shape index (κ3) is 3.09. The summed E-state index contributed by atoms with van der Waals surface area (Å²) in [7, 11) is 0. The van der Waals surface area contributed by atoms with E-state index in [1.54, 1.807) is 54.5 Å². The maximum absolute atomic E-state index is 13.1. The molecule has 2 aromatic heterocycles. The first-order valence-corrected chi connectivity index (χ1v) is 10.5. The number of hydrogen-bond donors (Lipinski definition) is 2. The number of urea groups is 1. The van der Waals surface area contributed by atoms with Crippen LogP contribution in [0.3, 0.4) is 0 Å². The van der Waals surface area contributed by atoms with Crippen LogP contribution in [0.25, 0.3) is 0 Å². The van der Waals surface area contributed by atoms with E-state index in [1.807, 2.05) is 19.1 Å². The average Bonchev–Trinajstić information content (AvgIpc) is 3.06. The molecule has 156 valence electrons. The predicted octanol–water partition coefficient (Wildman–Crippen LogP) is 4.02. The number of carbonyl (C=O) groups excluding carboxylic acids is 2. The van der Waals surface area contributed by atoms with Crippen molar-refractivity contribution in [2.45, 2.75) is 29.7 Å². The van der Waals surface area contributed by atoms with Crippen molar-refractivity contribution < 1.29 is 14.3 Å². The molecule has 8 nitrogen and oxygen atoms in total. The Bertz CT molecular complexity index is 1200. The van der Waals surface area contributed by atoms with Gasteiger partial charge in [-0.2, -0.15) is 0 Å². The van der Waals surface area contributed by atoms with Gasteiger partial charge in [0.25, 0.3) is 0 Å². The predicted molar refractivity (Wildman–Crippen MR) is 117 cm³/mol. The van der Waals surface area contributed by atoms with Gasteiger partial charge in [0.2, 0.25) is 5.91 Å². The van der Waals surface area contributed by atoms with Crippen molar-refractivity contribution in [3.63, 3.8) is 0 Å². The van der Waals surface area contributed by atoms with Gasteiger partial charge in [-0.1, -0.05) is 11.8 Å². The van der Waals surface area contributed by atoms with Gasteiger partial charge in [-0.05, 0) is 56.3 Å². The zero-order valence-corrected chi connectivity index (χ0v) is 17.6. The normalized spacial score (nSPS) is 21.4. The molecule has 2 aliphatic rings. The van der Waals surface area contributed by atoms with E-state index in [2.05, 4.69) is 15.3 Å². The summed E-state index contributed by atoms with van der Waals surface area (Å²) in [5.41, 5.74) is 8.76. The highest BCUT2D eigenvalue weighted by Crippen LogP contribution is 2.58. The minimum Gasteiger partial charge on any atom is -0.456 e.